The molecule has 1 heteroatoms. The highest BCUT2D eigenvalue weighted by atomic mass is 16.3. The van der Waals surface area contributed by atoms with E-state index < -0.39 is 24.2 Å². The number of hydrogen-bond donors (Lipinski definition) is 0. The molecule has 0 spiro atoms. The van der Waals surface area contributed by atoms with Crippen LogP contribution in [0.5, 0.6) is 0 Å². The molecule has 0 bridgehead atoms. The Balaban J connectivity index is 1.36. The van der Waals surface area contributed by atoms with E-state index in [-0.39, 0.29) is 57.6 Å². The van der Waals surface area contributed by atoms with Crippen LogP contribution in [-0.4, -0.2) is 0 Å². The Morgan fingerprint density at radius 2 is 1.16 bits per heavy atom. The molecule has 2 atom stereocenters. The van der Waals surface area contributed by atoms with E-state index in [0.29, 0.717) is 33.4 Å². The maximum absolute atomic E-state index is 9.35. The molecule has 0 fully saturated rings. The molecule has 1 aromatic heterocycles. The number of furan rings is 1. The molecule has 8 aromatic rings. The first kappa shape index (κ1) is 18.2. The van der Waals surface area contributed by atoms with Crippen LogP contribution in [0.15, 0.2) is 156 Å². The minimum Gasteiger partial charge on any atom is -0.456 e. The standard InChI is InChI=1S/C44H28O/c1-2-11-29-26-42-40(24-28(29)10-1)39-25-32(20-22-41(39)45-42)44-37-15-7-5-13-35(37)43(36-14-6-8-16-38(36)44)31-19-21-34-30(23-31)18-17-27-9-3-4-12-33(27)34/h1-27,33H/i5D,6D,7D,8D,13D,14D,15D,16D. The third-order valence-electron chi connectivity index (χ3n) is 9.41. The first-order valence-electron chi connectivity index (χ1n) is 19.1. The van der Waals surface area contributed by atoms with Crippen LogP contribution in [0, 0.1) is 5.92 Å². The number of allylic oxidation sites excluding steroid dienone is 5. The van der Waals surface area contributed by atoms with E-state index in [1.54, 1.807) is 6.07 Å². The Labute approximate surface area is 272 Å². The van der Waals surface area contributed by atoms with Crippen LogP contribution in [0.3, 0.4) is 0 Å². The minimum absolute atomic E-state index is 0.145. The summed E-state index contributed by atoms with van der Waals surface area (Å²) in [7, 11) is 0. The van der Waals surface area contributed by atoms with Crippen LogP contribution in [0.1, 0.15) is 28.0 Å². The molecule has 10 rings (SSSR count). The van der Waals surface area contributed by atoms with Gasteiger partial charge in [0.25, 0.3) is 0 Å². The zero-order valence-corrected chi connectivity index (χ0v) is 24.0. The molecule has 0 saturated heterocycles. The van der Waals surface area contributed by atoms with Crippen LogP contribution >= 0.6 is 0 Å². The second-order valence-corrected chi connectivity index (χ2v) is 11.8. The maximum atomic E-state index is 9.35. The van der Waals surface area contributed by atoms with Crippen molar-refractivity contribution in [3.05, 3.63) is 163 Å². The molecule has 7 aromatic carbocycles. The van der Waals surface area contributed by atoms with Gasteiger partial charge in [0.05, 0.1) is 11.0 Å². The van der Waals surface area contributed by atoms with Crippen molar-refractivity contribution in [1.29, 1.82) is 0 Å². The Morgan fingerprint density at radius 1 is 0.533 bits per heavy atom. The van der Waals surface area contributed by atoms with Gasteiger partial charge < -0.3 is 4.42 Å². The zero-order valence-electron chi connectivity index (χ0n) is 32.0. The molecule has 210 valence electrons. The van der Waals surface area contributed by atoms with Gasteiger partial charge in [-0.05, 0) is 96.0 Å². The summed E-state index contributed by atoms with van der Waals surface area (Å²) in [6, 6.07) is 20.7. The molecule has 0 aliphatic heterocycles. The van der Waals surface area contributed by atoms with E-state index in [1.165, 1.54) is 0 Å². The molecule has 0 amide bonds. The quantitative estimate of drug-likeness (QED) is 0.185. The summed E-state index contributed by atoms with van der Waals surface area (Å²) in [6.45, 7) is 0. The van der Waals surface area contributed by atoms with E-state index in [0.717, 1.165) is 32.7 Å². The number of fused-ring (bicyclic) bond motifs is 9. The highest BCUT2D eigenvalue weighted by molar-refractivity contribution is 6.22. The van der Waals surface area contributed by atoms with Crippen LogP contribution in [0.4, 0.5) is 0 Å². The third kappa shape index (κ3) is 3.68. The topological polar surface area (TPSA) is 13.1 Å². The summed E-state index contributed by atoms with van der Waals surface area (Å²) in [6.07, 6.45) is 12.6. The molecule has 0 N–H and O–H groups in total. The van der Waals surface area contributed by atoms with Crippen molar-refractivity contribution >= 4 is 60.3 Å². The average Bonchev–Trinajstić information content (AvgIpc) is 3.54. The summed E-state index contributed by atoms with van der Waals surface area (Å²) in [5.74, 6) is 0.369. The van der Waals surface area contributed by atoms with E-state index in [1.807, 2.05) is 72.8 Å². The van der Waals surface area contributed by atoms with Gasteiger partial charge in [-0.25, -0.2) is 0 Å². The summed E-state index contributed by atoms with van der Waals surface area (Å²) >= 11 is 0. The van der Waals surface area contributed by atoms with Crippen molar-refractivity contribution in [3.8, 4) is 22.3 Å². The Kier molecular flexibility index (Phi) is 3.81. The van der Waals surface area contributed by atoms with Crippen LogP contribution < -0.4 is 0 Å². The molecule has 45 heavy (non-hydrogen) atoms. The van der Waals surface area contributed by atoms with Crippen molar-refractivity contribution in [1.82, 2.24) is 0 Å². The van der Waals surface area contributed by atoms with Gasteiger partial charge >= 0.3 is 0 Å². The van der Waals surface area contributed by atoms with Gasteiger partial charge in [0.2, 0.25) is 0 Å². The fourth-order valence-electron chi connectivity index (χ4n) is 7.33. The number of benzene rings is 7. The van der Waals surface area contributed by atoms with Gasteiger partial charge in [-0.15, -0.1) is 0 Å². The van der Waals surface area contributed by atoms with Crippen LogP contribution in [0.2, 0.25) is 0 Å². The van der Waals surface area contributed by atoms with E-state index in [9.17, 15) is 5.48 Å². The molecule has 2 aliphatic carbocycles. The molecule has 1 heterocycles. The number of hydrogen-bond acceptors (Lipinski definition) is 1. The average molecular weight is 581 g/mol. The van der Waals surface area contributed by atoms with Gasteiger partial charge in [-0.2, -0.15) is 0 Å². The lowest BCUT2D eigenvalue weighted by Crippen LogP contribution is -2.13. The van der Waals surface area contributed by atoms with Gasteiger partial charge in [0.1, 0.15) is 11.2 Å². The summed E-state index contributed by atoms with van der Waals surface area (Å²) in [5, 5.41) is 4.48. The van der Waals surface area contributed by atoms with Gasteiger partial charge in [-0.1, -0.05) is 127 Å². The van der Waals surface area contributed by atoms with Gasteiger partial charge in [0.15, 0.2) is 0 Å². The Bertz CT molecular complexity index is 2980. The van der Waals surface area contributed by atoms with Crippen molar-refractivity contribution in [3.63, 3.8) is 0 Å². The first-order chi connectivity index (χ1) is 25.6. The SMILES string of the molecule is [2H]c1c([2H])c([2H])c2c(-c3ccc4oc5cc6ccccc6cc5c4c3)c3c([2H])c([2H])c([2H])c([2H])c3c(-c3ccc4c(c3)C=CC3C=CC=CC43)c2c1[2H]. The Morgan fingerprint density at radius 3 is 1.89 bits per heavy atom. The van der Waals surface area contributed by atoms with E-state index in [2.05, 4.69) is 30.4 Å². The second kappa shape index (κ2) is 9.42. The first-order valence-corrected chi connectivity index (χ1v) is 15.1. The maximum Gasteiger partial charge on any atom is 0.136 e. The van der Waals surface area contributed by atoms with E-state index in [4.69, 9.17) is 9.90 Å². The van der Waals surface area contributed by atoms with Crippen LogP contribution in [-0.2, 0) is 0 Å². The predicted octanol–water partition coefficient (Wildman–Crippen LogP) is 12.2. The van der Waals surface area contributed by atoms with Crippen molar-refractivity contribution in [2.24, 2.45) is 5.92 Å². The normalized spacial score (nSPS) is 19.6. The lowest BCUT2D eigenvalue weighted by atomic mass is 9.76. The van der Waals surface area contributed by atoms with Crippen molar-refractivity contribution in [2.75, 3.05) is 0 Å². The zero-order chi connectivity index (χ0) is 36.4. The number of rotatable bonds is 2. The molecule has 0 saturated carbocycles. The molecule has 0 radical (unpaired) electrons. The van der Waals surface area contributed by atoms with Crippen molar-refractivity contribution in [2.45, 2.75) is 5.92 Å². The van der Waals surface area contributed by atoms with Crippen molar-refractivity contribution < 1.29 is 15.4 Å². The summed E-state index contributed by atoms with van der Waals surface area (Å²) in [4.78, 5) is 0. The van der Waals surface area contributed by atoms with E-state index >= 15 is 0 Å². The fraction of sp³-hybridized carbons (Fsp3) is 0.0455. The smallest absolute Gasteiger partial charge is 0.136 e. The third-order valence-corrected chi connectivity index (χ3v) is 9.41. The second-order valence-electron chi connectivity index (χ2n) is 11.8. The molecule has 2 aliphatic rings. The lowest BCUT2D eigenvalue weighted by Gasteiger charge is -2.28. The fourth-order valence-corrected chi connectivity index (χ4v) is 7.33. The Hall–Kier alpha value is -5.66. The van der Waals surface area contributed by atoms with Gasteiger partial charge in [-0.3, -0.25) is 0 Å². The monoisotopic (exact) mass is 580 g/mol. The molecular weight excluding hydrogens is 544 g/mol. The molecular formula is C44H28O. The predicted molar refractivity (Wildman–Crippen MR) is 191 cm³/mol. The molecule has 1 nitrogen and oxygen atoms in total. The molecule has 2 unspecified atom stereocenters. The highest BCUT2D eigenvalue weighted by Crippen LogP contribution is 2.46. The summed E-state index contributed by atoms with van der Waals surface area (Å²) in [5.41, 5.74) is 5.18. The lowest BCUT2D eigenvalue weighted by molar-refractivity contribution is 0.669. The minimum atomic E-state index is -0.423. The highest BCUT2D eigenvalue weighted by Gasteiger charge is 2.25. The largest absolute Gasteiger partial charge is 0.456 e. The van der Waals surface area contributed by atoms with Crippen LogP contribution in [0.25, 0.3) is 82.6 Å². The summed E-state index contributed by atoms with van der Waals surface area (Å²) < 4.78 is 78.9. The van der Waals surface area contributed by atoms with Gasteiger partial charge in [0, 0.05) is 22.6 Å².